The van der Waals surface area contributed by atoms with Crippen molar-refractivity contribution in [1.29, 1.82) is 0 Å². The zero-order valence-electron chi connectivity index (χ0n) is 14.1. The van der Waals surface area contributed by atoms with E-state index in [1.165, 1.54) is 7.11 Å². The minimum atomic E-state index is -1.03. The quantitative estimate of drug-likeness (QED) is 0.858. The van der Waals surface area contributed by atoms with E-state index in [9.17, 15) is 9.90 Å². The first-order chi connectivity index (χ1) is 11.6. The molecule has 1 atom stereocenters. The highest BCUT2D eigenvalue weighted by atomic mass is 16.5. The van der Waals surface area contributed by atoms with Crippen molar-refractivity contribution in [3.05, 3.63) is 23.9 Å². The van der Waals surface area contributed by atoms with Crippen LogP contribution in [0.4, 0.5) is 0 Å². The molecular weight excluding hydrogens is 310 g/mol. The first kappa shape index (κ1) is 17.1. The van der Waals surface area contributed by atoms with E-state index in [4.69, 9.17) is 9.47 Å². The Morgan fingerprint density at radius 1 is 1.42 bits per heavy atom. The number of hydrogen-bond acceptors (Lipinski definition) is 6. The van der Waals surface area contributed by atoms with Gasteiger partial charge in [0.15, 0.2) is 0 Å². The molecule has 1 amide bonds. The Morgan fingerprint density at radius 3 is 2.96 bits per heavy atom. The molecule has 1 aromatic rings. The van der Waals surface area contributed by atoms with Crippen LogP contribution in [0.2, 0.25) is 0 Å². The number of ether oxygens (including phenoxy) is 2. The van der Waals surface area contributed by atoms with Gasteiger partial charge in [0.05, 0.1) is 26.9 Å². The van der Waals surface area contributed by atoms with Crippen molar-refractivity contribution in [1.82, 2.24) is 14.8 Å². The fraction of sp³-hybridized carbons (Fsp3) is 0.647. The summed E-state index contributed by atoms with van der Waals surface area (Å²) < 4.78 is 10.7. The fourth-order valence-corrected chi connectivity index (χ4v) is 3.38. The maximum Gasteiger partial charge on any atom is 0.254 e. The van der Waals surface area contributed by atoms with E-state index in [0.717, 1.165) is 25.9 Å². The van der Waals surface area contributed by atoms with Crippen molar-refractivity contribution in [2.45, 2.75) is 18.4 Å². The van der Waals surface area contributed by atoms with Gasteiger partial charge in [-0.05, 0) is 32.0 Å². The Balaban J connectivity index is 1.72. The summed E-state index contributed by atoms with van der Waals surface area (Å²) in [5.74, 6) is 0.264. The average Bonchev–Trinajstić information content (AvgIpc) is 3.01. The van der Waals surface area contributed by atoms with Crippen molar-refractivity contribution < 1.29 is 19.4 Å². The Labute approximate surface area is 142 Å². The van der Waals surface area contributed by atoms with E-state index in [1.807, 2.05) is 0 Å². The number of aliphatic hydroxyl groups is 1. The van der Waals surface area contributed by atoms with Crippen LogP contribution >= 0.6 is 0 Å². The maximum absolute atomic E-state index is 12.8. The molecule has 0 radical (unpaired) electrons. The molecule has 0 spiro atoms. The van der Waals surface area contributed by atoms with Crippen LogP contribution in [0.25, 0.3) is 0 Å². The number of hydrogen-bond donors (Lipinski definition) is 1. The Morgan fingerprint density at radius 2 is 2.21 bits per heavy atom. The van der Waals surface area contributed by atoms with Gasteiger partial charge < -0.3 is 24.4 Å². The lowest BCUT2D eigenvalue weighted by Gasteiger charge is -2.34. The third-order valence-corrected chi connectivity index (χ3v) is 4.56. The minimum Gasteiger partial charge on any atom is -0.481 e. The SMILES string of the molecule is COc1cc(C(=O)N2CCOC[C@@](O)(CN3CCCC3)C2)ccn1. The number of methoxy groups -OCH3 is 1. The summed E-state index contributed by atoms with van der Waals surface area (Å²) >= 11 is 0. The molecule has 0 unspecified atom stereocenters. The number of aromatic nitrogens is 1. The second-order valence-corrected chi connectivity index (χ2v) is 6.57. The van der Waals surface area contributed by atoms with E-state index in [2.05, 4.69) is 9.88 Å². The van der Waals surface area contributed by atoms with Crippen molar-refractivity contribution in [3.8, 4) is 5.88 Å². The molecule has 1 N–H and O–H groups in total. The third-order valence-electron chi connectivity index (χ3n) is 4.56. The lowest BCUT2D eigenvalue weighted by Crippen LogP contribution is -2.53. The lowest BCUT2D eigenvalue weighted by atomic mass is 10.0. The van der Waals surface area contributed by atoms with E-state index >= 15 is 0 Å². The summed E-state index contributed by atoms with van der Waals surface area (Å²) in [7, 11) is 1.52. The summed E-state index contributed by atoms with van der Waals surface area (Å²) in [6, 6.07) is 3.28. The number of amides is 1. The largest absolute Gasteiger partial charge is 0.481 e. The minimum absolute atomic E-state index is 0.138. The van der Waals surface area contributed by atoms with E-state index in [-0.39, 0.29) is 19.1 Å². The summed E-state index contributed by atoms with van der Waals surface area (Å²) in [6.07, 6.45) is 3.88. The fourth-order valence-electron chi connectivity index (χ4n) is 3.38. The average molecular weight is 335 g/mol. The number of β-amino-alcohol motifs (C(OH)–C–C–N with tert-alkyl or cyclic N) is 1. The maximum atomic E-state index is 12.8. The van der Waals surface area contributed by atoms with Crippen LogP contribution in [0.3, 0.4) is 0 Å². The summed E-state index contributed by atoms with van der Waals surface area (Å²) in [5.41, 5.74) is -0.527. The van der Waals surface area contributed by atoms with Gasteiger partial charge in [0.25, 0.3) is 5.91 Å². The predicted molar refractivity (Wildman–Crippen MR) is 88.1 cm³/mol. The van der Waals surface area contributed by atoms with E-state index < -0.39 is 5.60 Å². The Hall–Kier alpha value is -1.70. The molecule has 0 aromatic carbocycles. The highest BCUT2D eigenvalue weighted by Gasteiger charge is 2.36. The van der Waals surface area contributed by atoms with E-state index in [1.54, 1.807) is 23.2 Å². The highest BCUT2D eigenvalue weighted by molar-refractivity contribution is 5.94. The van der Waals surface area contributed by atoms with Gasteiger partial charge in [-0.1, -0.05) is 0 Å². The van der Waals surface area contributed by atoms with Crippen LogP contribution in [0, 0.1) is 0 Å². The number of carbonyl (C=O) groups is 1. The van der Waals surface area contributed by atoms with Crippen LogP contribution in [-0.4, -0.2) is 84.4 Å². The first-order valence-corrected chi connectivity index (χ1v) is 8.41. The van der Waals surface area contributed by atoms with Crippen molar-refractivity contribution in [2.75, 3.05) is 53.0 Å². The molecule has 2 aliphatic rings. The predicted octanol–water partition coefficient (Wildman–Crippen LogP) is 0.389. The van der Waals surface area contributed by atoms with Crippen LogP contribution in [0.5, 0.6) is 5.88 Å². The smallest absolute Gasteiger partial charge is 0.254 e. The Bertz CT molecular complexity index is 577. The second-order valence-electron chi connectivity index (χ2n) is 6.57. The van der Waals surface area contributed by atoms with Gasteiger partial charge in [-0.15, -0.1) is 0 Å². The molecule has 0 saturated carbocycles. The lowest BCUT2D eigenvalue weighted by molar-refractivity contribution is -0.0524. The molecule has 2 aliphatic heterocycles. The van der Waals surface area contributed by atoms with Gasteiger partial charge in [0, 0.05) is 30.9 Å². The molecule has 3 rings (SSSR count). The summed E-state index contributed by atoms with van der Waals surface area (Å²) in [5, 5.41) is 11.0. The Kier molecular flexibility index (Phi) is 5.33. The molecular formula is C17H25N3O4. The van der Waals surface area contributed by atoms with Crippen LogP contribution in [0.1, 0.15) is 23.2 Å². The van der Waals surface area contributed by atoms with Crippen molar-refractivity contribution in [2.24, 2.45) is 0 Å². The van der Waals surface area contributed by atoms with Crippen molar-refractivity contribution >= 4 is 5.91 Å². The van der Waals surface area contributed by atoms with Crippen LogP contribution < -0.4 is 4.74 Å². The molecule has 2 saturated heterocycles. The molecule has 7 heteroatoms. The number of likely N-dealkylation sites (tertiary alicyclic amines) is 1. The van der Waals surface area contributed by atoms with Crippen LogP contribution in [0.15, 0.2) is 18.3 Å². The standard InChI is InChI=1S/C17H25N3O4/c1-23-15-10-14(4-5-18-15)16(21)20-8-9-24-13-17(22,12-20)11-19-6-2-3-7-19/h4-5,10,22H,2-3,6-9,11-13H2,1H3/t17-/m1/s1. The van der Waals surface area contributed by atoms with Gasteiger partial charge in [0.2, 0.25) is 5.88 Å². The number of pyridine rings is 1. The van der Waals surface area contributed by atoms with Gasteiger partial charge in [-0.2, -0.15) is 0 Å². The van der Waals surface area contributed by atoms with Crippen molar-refractivity contribution in [3.63, 3.8) is 0 Å². The van der Waals surface area contributed by atoms with Gasteiger partial charge >= 0.3 is 0 Å². The number of nitrogens with zero attached hydrogens (tertiary/aromatic N) is 3. The number of carbonyl (C=O) groups excluding carboxylic acids is 1. The van der Waals surface area contributed by atoms with Gasteiger partial charge in [-0.3, -0.25) is 4.79 Å². The van der Waals surface area contributed by atoms with Gasteiger partial charge in [0.1, 0.15) is 5.60 Å². The number of rotatable bonds is 4. The molecule has 2 fully saturated rings. The summed E-state index contributed by atoms with van der Waals surface area (Å²) in [4.78, 5) is 20.7. The van der Waals surface area contributed by atoms with Gasteiger partial charge in [-0.25, -0.2) is 4.98 Å². The monoisotopic (exact) mass is 335 g/mol. The molecule has 1 aromatic heterocycles. The molecule has 132 valence electrons. The van der Waals surface area contributed by atoms with Crippen LogP contribution in [-0.2, 0) is 4.74 Å². The second kappa shape index (κ2) is 7.46. The molecule has 7 nitrogen and oxygen atoms in total. The summed E-state index contributed by atoms with van der Waals surface area (Å²) in [6.45, 7) is 3.95. The zero-order chi connectivity index (χ0) is 17.0. The topological polar surface area (TPSA) is 75.1 Å². The molecule has 0 aliphatic carbocycles. The third kappa shape index (κ3) is 4.03. The molecule has 24 heavy (non-hydrogen) atoms. The van der Waals surface area contributed by atoms with E-state index in [0.29, 0.717) is 31.1 Å². The zero-order valence-corrected chi connectivity index (χ0v) is 14.1. The molecule has 0 bridgehead atoms. The highest BCUT2D eigenvalue weighted by Crippen LogP contribution is 2.20. The first-order valence-electron chi connectivity index (χ1n) is 8.41. The normalized spacial score (nSPS) is 25.5. The molecule has 3 heterocycles.